The quantitative estimate of drug-likeness (QED) is 0.646. The van der Waals surface area contributed by atoms with Crippen molar-refractivity contribution < 1.29 is 4.74 Å². The van der Waals surface area contributed by atoms with Gasteiger partial charge in [0.05, 0.1) is 12.2 Å². The summed E-state index contributed by atoms with van der Waals surface area (Å²) in [6.45, 7) is 12.8. The van der Waals surface area contributed by atoms with Crippen LogP contribution in [0.25, 0.3) is 0 Å². The van der Waals surface area contributed by atoms with Gasteiger partial charge in [-0.2, -0.15) is 0 Å². The minimum absolute atomic E-state index is 0.130. The summed E-state index contributed by atoms with van der Waals surface area (Å²) in [5, 5.41) is 0. The van der Waals surface area contributed by atoms with E-state index in [1.807, 2.05) is 0 Å². The predicted molar refractivity (Wildman–Crippen MR) is 68.4 cm³/mol. The molecule has 0 aromatic carbocycles. The second-order valence-corrected chi connectivity index (χ2v) is 7.28. The Balaban J connectivity index is 2.00. The average molecular weight is 224 g/mol. The van der Waals surface area contributed by atoms with Gasteiger partial charge in [-0.15, -0.1) is 0 Å². The zero-order valence-corrected chi connectivity index (χ0v) is 11.7. The molecule has 3 unspecified atom stereocenters. The maximum atomic E-state index is 6.02. The molecule has 0 aromatic rings. The van der Waals surface area contributed by atoms with Crippen LogP contribution in [0.1, 0.15) is 60.3 Å². The van der Waals surface area contributed by atoms with Gasteiger partial charge in [-0.3, -0.25) is 0 Å². The Morgan fingerprint density at radius 1 is 1.00 bits per heavy atom. The Hall–Kier alpha value is -0.0400. The van der Waals surface area contributed by atoms with Gasteiger partial charge in [-0.25, -0.2) is 0 Å². The first-order valence-electron chi connectivity index (χ1n) is 6.97. The van der Waals surface area contributed by atoms with E-state index in [9.17, 15) is 0 Å². The van der Waals surface area contributed by atoms with E-state index in [0.717, 1.165) is 24.4 Å². The molecule has 94 valence electrons. The highest BCUT2D eigenvalue weighted by atomic mass is 16.5. The molecule has 0 N–H and O–H groups in total. The number of ether oxygens (including phenoxy) is 1. The van der Waals surface area contributed by atoms with Crippen molar-refractivity contribution in [3.63, 3.8) is 0 Å². The molecule has 1 heteroatoms. The highest BCUT2D eigenvalue weighted by Crippen LogP contribution is 2.52. The van der Waals surface area contributed by atoms with Crippen LogP contribution < -0.4 is 0 Å². The maximum Gasteiger partial charge on any atom is 0.0626 e. The number of hydrogen-bond acceptors (Lipinski definition) is 1. The molecule has 3 atom stereocenters. The summed E-state index contributed by atoms with van der Waals surface area (Å²) < 4.78 is 6.02. The first kappa shape index (κ1) is 12.4. The fraction of sp³-hybridized carbons (Fsp3) is 1.00. The SMILES string of the molecule is CC1CCC(C2CCC(C)(C)OC2)C1(C)C. The first-order chi connectivity index (χ1) is 7.33. The molecule has 0 amide bonds. The van der Waals surface area contributed by atoms with Gasteiger partial charge in [0.15, 0.2) is 0 Å². The van der Waals surface area contributed by atoms with Crippen LogP contribution in [0, 0.1) is 23.2 Å². The van der Waals surface area contributed by atoms with Gasteiger partial charge in [0.25, 0.3) is 0 Å². The maximum absolute atomic E-state index is 6.02. The van der Waals surface area contributed by atoms with Crippen LogP contribution in [0.3, 0.4) is 0 Å². The highest BCUT2D eigenvalue weighted by Gasteiger charge is 2.45. The monoisotopic (exact) mass is 224 g/mol. The van der Waals surface area contributed by atoms with Crippen molar-refractivity contribution >= 4 is 0 Å². The summed E-state index contributed by atoms with van der Waals surface area (Å²) in [6, 6.07) is 0. The Morgan fingerprint density at radius 2 is 1.69 bits per heavy atom. The van der Waals surface area contributed by atoms with E-state index < -0.39 is 0 Å². The van der Waals surface area contributed by atoms with E-state index in [1.54, 1.807) is 0 Å². The zero-order chi connectivity index (χ0) is 12.0. The van der Waals surface area contributed by atoms with Crippen molar-refractivity contribution in [3.05, 3.63) is 0 Å². The normalized spacial score (nSPS) is 42.2. The lowest BCUT2D eigenvalue weighted by Gasteiger charge is -2.42. The molecule has 0 bridgehead atoms. The molecule has 2 aliphatic rings. The topological polar surface area (TPSA) is 9.23 Å². The highest BCUT2D eigenvalue weighted by molar-refractivity contribution is 4.94. The molecule has 1 saturated carbocycles. The third kappa shape index (κ3) is 2.16. The van der Waals surface area contributed by atoms with E-state index in [0.29, 0.717) is 5.41 Å². The van der Waals surface area contributed by atoms with Gasteiger partial charge in [0, 0.05) is 0 Å². The van der Waals surface area contributed by atoms with Gasteiger partial charge < -0.3 is 4.74 Å². The molecular formula is C15H28O. The lowest BCUT2D eigenvalue weighted by molar-refractivity contribution is -0.0980. The molecule has 16 heavy (non-hydrogen) atoms. The van der Waals surface area contributed by atoms with Crippen molar-refractivity contribution in [2.45, 2.75) is 65.9 Å². The molecule has 0 spiro atoms. The molecule has 1 heterocycles. The van der Waals surface area contributed by atoms with E-state index in [-0.39, 0.29) is 5.60 Å². The standard InChI is InChI=1S/C15H28O/c1-11-6-7-13(15(11,4)5)12-8-9-14(2,3)16-10-12/h11-13H,6-10H2,1-5H3. The van der Waals surface area contributed by atoms with Gasteiger partial charge in [0.2, 0.25) is 0 Å². The number of rotatable bonds is 1. The molecule has 0 aromatic heterocycles. The van der Waals surface area contributed by atoms with E-state index >= 15 is 0 Å². The zero-order valence-electron chi connectivity index (χ0n) is 11.7. The lowest BCUT2D eigenvalue weighted by atomic mass is 9.69. The van der Waals surface area contributed by atoms with Crippen LogP contribution in [0.15, 0.2) is 0 Å². The van der Waals surface area contributed by atoms with E-state index in [4.69, 9.17) is 4.74 Å². The van der Waals surface area contributed by atoms with Crippen molar-refractivity contribution in [3.8, 4) is 0 Å². The van der Waals surface area contributed by atoms with E-state index in [1.165, 1.54) is 25.7 Å². The minimum Gasteiger partial charge on any atom is -0.375 e. The van der Waals surface area contributed by atoms with Crippen LogP contribution >= 0.6 is 0 Å². The minimum atomic E-state index is 0.130. The molecule has 1 saturated heterocycles. The van der Waals surface area contributed by atoms with Crippen molar-refractivity contribution in [2.75, 3.05) is 6.61 Å². The van der Waals surface area contributed by atoms with Crippen LogP contribution in [-0.2, 0) is 4.74 Å². The smallest absolute Gasteiger partial charge is 0.0626 e. The third-order valence-electron chi connectivity index (χ3n) is 5.51. The molecule has 1 aliphatic carbocycles. The Morgan fingerprint density at radius 3 is 2.12 bits per heavy atom. The fourth-order valence-corrected chi connectivity index (χ4v) is 3.72. The largest absolute Gasteiger partial charge is 0.375 e. The fourth-order valence-electron chi connectivity index (χ4n) is 3.72. The Bertz CT molecular complexity index is 244. The molecule has 2 fully saturated rings. The third-order valence-corrected chi connectivity index (χ3v) is 5.51. The Kier molecular flexibility index (Phi) is 3.11. The first-order valence-corrected chi connectivity index (χ1v) is 6.97. The summed E-state index contributed by atoms with van der Waals surface area (Å²) >= 11 is 0. The molecule has 0 radical (unpaired) electrons. The second-order valence-electron chi connectivity index (χ2n) is 7.28. The molecular weight excluding hydrogens is 196 g/mol. The molecule has 1 nitrogen and oxygen atoms in total. The average Bonchev–Trinajstić information content (AvgIpc) is 2.43. The van der Waals surface area contributed by atoms with Crippen molar-refractivity contribution in [2.24, 2.45) is 23.2 Å². The van der Waals surface area contributed by atoms with Crippen LogP contribution in [0.5, 0.6) is 0 Å². The summed E-state index contributed by atoms with van der Waals surface area (Å²) in [4.78, 5) is 0. The lowest BCUT2D eigenvalue weighted by Crippen LogP contribution is -2.39. The van der Waals surface area contributed by atoms with Crippen molar-refractivity contribution in [1.82, 2.24) is 0 Å². The second kappa shape index (κ2) is 4.01. The summed E-state index contributed by atoms with van der Waals surface area (Å²) in [5.41, 5.74) is 0.653. The summed E-state index contributed by atoms with van der Waals surface area (Å²) in [6.07, 6.45) is 5.44. The molecule has 2 rings (SSSR count). The molecule has 1 aliphatic heterocycles. The summed E-state index contributed by atoms with van der Waals surface area (Å²) in [7, 11) is 0. The van der Waals surface area contributed by atoms with Crippen LogP contribution in [-0.4, -0.2) is 12.2 Å². The van der Waals surface area contributed by atoms with Gasteiger partial charge >= 0.3 is 0 Å². The van der Waals surface area contributed by atoms with Gasteiger partial charge in [-0.05, 0) is 62.7 Å². The van der Waals surface area contributed by atoms with E-state index in [2.05, 4.69) is 34.6 Å². The van der Waals surface area contributed by atoms with Crippen LogP contribution in [0.2, 0.25) is 0 Å². The van der Waals surface area contributed by atoms with Gasteiger partial charge in [0.1, 0.15) is 0 Å². The number of hydrogen-bond donors (Lipinski definition) is 0. The summed E-state index contributed by atoms with van der Waals surface area (Å²) in [5.74, 6) is 2.58. The van der Waals surface area contributed by atoms with Crippen molar-refractivity contribution in [1.29, 1.82) is 0 Å². The Labute approximate surface area is 101 Å². The van der Waals surface area contributed by atoms with Crippen LogP contribution in [0.4, 0.5) is 0 Å². The predicted octanol–water partition coefficient (Wildman–Crippen LogP) is 4.26. The van der Waals surface area contributed by atoms with Gasteiger partial charge in [-0.1, -0.05) is 20.8 Å².